The Balaban J connectivity index is 1.12. The highest BCUT2D eigenvalue weighted by Crippen LogP contribution is 2.23. The first-order chi connectivity index (χ1) is 18.5. The molecular weight excluding hydrogens is 522 g/mol. The molecule has 1 aromatic heterocycles. The lowest BCUT2D eigenvalue weighted by atomic mass is 10.1. The number of tetrazole rings is 1. The number of aryl methyl sites for hydroxylation is 1. The topological polar surface area (TPSA) is 96.2 Å². The van der Waals surface area contributed by atoms with Crippen LogP contribution in [-0.4, -0.2) is 68.9 Å². The summed E-state index contributed by atoms with van der Waals surface area (Å²) >= 11 is 7.48. The zero-order valence-corrected chi connectivity index (χ0v) is 22.3. The first-order valence-electron chi connectivity index (χ1n) is 12.2. The molecule has 1 aliphatic heterocycles. The number of hydrogen-bond donors (Lipinski definition) is 1. The number of halogens is 1. The Morgan fingerprint density at radius 2 is 1.66 bits per heavy atom. The normalized spacial score (nSPS) is 13.4. The molecule has 2 amide bonds. The van der Waals surface area contributed by atoms with Crippen LogP contribution in [0.2, 0.25) is 5.02 Å². The molecule has 1 aliphatic rings. The maximum atomic E-state index is 12.8. The van der Waals surface area contributed by atoms with Crippen molar-refractivity contribution in [3.05, 3.63) is 88.9 Å². The van der Waals surface area contributed by atoms with Gasteiger partial charge in [-0.2, -0.15) is 4.68 Å². The quantitative estimate of drug-likeness (QED) is 0.344. The monoisotopic (exact) mass is 547 g/mol. The fourth-order valence-corrected chi connectivity index (χ4v) is 5.18. The summed E-state index contributed by atoms with van der Waals surface area (Å²) in [6, 6.07) is 22.7. The lowest BCUT2D eigenvalue weighted by Crippen LogP contribution is -2.48. The second-order valence-electron chi connectivity index (χ2n) is 8.80. The molecule has 5 rings (SSSR count). The molecule has 11 heteroatoms. The number of rotatable bonds is 7. The van der Waals surface area contributed by atoms with Gasteiger partial charge in [-0.1, -0.05) is 53.7 Å². The van der Waals surface area contributed by atoms with E-state index in [9.17, 15) is 9.59 Å². The number of para-hydroxylation sites is 1. The van der Waals surface area contributed by atoms with E-state index in [4.69, 9.17) is 11.6 Å². The molecule has 0 aliphatic carbocycles. The molecule has 0 spiro atoms. The van der Waals surface area contributed by atoms with Crippen LogP contribution in [-0.2, 0) is 4.79 Å². The third-order valence-electron chi connectivity index (χ3n) is 6.30. The molecule has 9 nitrogen and oxygen atoms in total. The second-order valence-corrected chi connectivity index (χ2v) is 10.2. The zero-order chi connectivity index (χ0) is 26.5. The van der Waals surface area contributed by atoms with Crippen LogP contribution >= 0.6 is 23.4 Å². The highest BCUT2D eigenvalue weighted by Gasteiger charge is 2.23. The van der Waals surface area contributed by atoms with Crippen LogP contribution in [0.4, 0.5) is 11.4 Å². The third-order valence-corrected chi connectivity index (χ3v) is 7.55. The van der Waals surface area contributed by atoms with Gasteiger partial charge >= 0.3 is 0 Å². The fraction of sp³-hybridized carbons (Fsp3) is 0.222. The van der Waals surface area contributed by atoms with Crippen molar-refractivity contribution in [2.75, 3.05) is 42.1 Å². The highest BCUT2D eigenvalue weighted by atomic mass is 35.5. The standard InChI is InChI=1S/C27H26ClN7O2S/c1-19-6-2-5-9-24(19)35-27(30-31-32-35)38-18-25(36)29-20-10-12-21(13-11-20)33-14-16-34(17-15-33)26(37)22-7-3-4-8-23(22)28/h2-13H,14-18H2,1H3,(H,29,36). The molecular formula is C27H26ClN7O2S. The van der Waals surface area contributed by atoms with Gasteiger partial charge in [-0.05, 0) is 65.4 Å². The molecule has 194 valence electrons. The number of thioether (sulfide) groups is 1. The van der Waals surface area contributed by atoms with E-state index >= 15 is 0 Å². The molecule has 1 N–H and O–H groups in total. The largest absolute Gasteiger partial charge is 0.368 e. The average molecular weight is 548 g/mol. The lowest BCUT2D eigenvalue weighted by Gasteiger charge is -2.36. The Kier molecular flexibility index (Phi) is 7.90. The number of carbonyl (C=O) groups is 2. The number of nitrogens with one attached hydrogen (secondary N) is 1. The molecule has 2 heterocycles. The summed E-state index contributed by atoms with van der Waals surface area (Å²) in [6.45, 7) is 4.65. The predicted octanol–water partition coefficient (Wildman–Crippen LogP) is 4.32. The Hall–Kier alpha value is -3.89. The minimum absolute atomic E-state index is 0.0425. The summed E-state index contributed by atoms with van der Waals surface area (Å²) < 4.78 is 1.64. The number of amides is 2. The van der Waals surface area contributed by atoms with Crippen LogP contribution in [0.15, 0.2) is 78.0 Å². The zero-order valence-electron chi connectivity index (χ0n) is 20.7. The predicted molar refractivity (Wildman–Crippen MR) is 149 cm³/mol. The average Bonchev–Trinajstić information content (AvgIpc) is 3.41. The Morgan fingerprint density at radius 1 is 0.947 bits per heavy atom. The molecule has 1 saturated heterocycles. The van der Waals surface area contributed by atoms with Crippen LogP contribution in [0.3, 0.4) is 0 Å². The fourth-order valence-electron chi connectivity index (χ4n) is 4.28. The van der Waals surface area contributed by atoms with Crippen molar-refractivity contribution >= 4 is 46.6 Å². The van der Waals surface area contributed by atoms with E-state index in [2.05, 4.69) is 25.7 Å². The lowest BCUT2D eigenvalue weighted by molar-refractivity contribution is -0.113. The molecule has 0 bridgehead atoms. The van der Waals surface area contributed by atoms with Crippen molar-refractivity contribution < 1.29 is 9.59 Å². The number of carbonyl (C=O) groups excluding carboxylic acids is 2. The van der Waals surface area contributed by atoms with Crippen LogP contribution in [0.5, 0.6) is 0 Å². The highest BCUT2D eigenvalue weighted by molar-refractivity contribution is 7.99. The number of aromatic nitrogens is 4. The van der Waals surface area contributed by atoms with Crippen LogP contribution in [0.1, 0.15) is 15.9 Å². The van der Waals surface area contributed by atoms with E-state index in [1.165, 1.54) is 11.8 Å². The Labute approximate surface area is 229 Å². The van der Waals surface area contributed by atoms with Gasteiger partial charge in [0.15, 0.2) is 0 Å². The van der Waals surface area contributed by atoms with Crippen molar-refractivity contribution in [2.24, 2.45) is 0 Å². The maximum absolute atomic E-state index is 12.8. The first kappa shape index (κ1) is 25.7. The summed E-state index contributed by atoms with van der Waals surface area (Å²) in [5.74, 6) is -0.0111. The molecule has 38 heavy (non-hydrogen) atoms. The van der Waals surface area contributed by atoms with Crippen LogP contribution in [0, 0.1) is 6.92 Å². The summed E-state index contributed by atoms with van der Waals surface area (Å²) in [7, 11) is 0. The van der Waals surface area contributed by atoms with Gasteiger partial charge in [0.05, 0.1) is 22.0 Å². The smallest absolute Gasteiger partial charge is 0.255 e. The summed E-state index contributed by atoms with van der Waals surface area (Å²) in [4.78, 5) is 29.5. The van der Waals surface area contributed by atoms with E-state index in [0.717, 1.165) is 16.9 Å². The molecule has 0 saturated carbocycles. The van der Waals surface area contributed by atoms with E-state index in [1.807, 2.05) is 72.5 Å². The number of nitrogens with zero attached hydrogens (tertiary/aromatic N) is 6. The van der Waals surface area contributed by atoms with E-state index in [-0.39, 0.29) is 17.6 Å². The maximum Gasteiger partial charge on any atom is 0.255 e. The summed E-state index contributed by atoms with van der Waals surface area (Å²) in [5.41, 5.74) is 4.21. The molecule has 3 aromatic carbocycles. The Morgan fingerprint density at radius 3 is 2.39 bits per heavy atom. The van der Waals surface area contributed by atoms with Gasteiger partial charge in [-0.25, -0.2) is 0 Å². The molecule has 0 atom stereocenters. The van der Waals surface area contributed by atoms with Crippen molar-refractivity contribution in [3.63, 3.8) is 0 Å². The van der Waals surface area contributed by atoms with Crippen molar-refractivity contribution in [2.45, 2.75) is 12.1 Å². The summed E-state index contributed by atoms with van der Waals surface area (Å²) in [5, 5.41) is 15.9. The Bertz CT molecular complexity index is 1440. The molecule has 0 unspecified atom stereocenters. The summed E-state index contributed by atoms with van der Waals surface area (Å²) in [6.07, 6.45) is 0. The number of hydrogen-bond acceptors (Lipinski definition) is 7. The van der Waals surface area contributed by atoms with Crippen LogP contribution in [0.25, 0.3) is 5.69 Å². The molecule has 0 radical (unpaired) electrons. The molecule has 4 aromatic rings. The van der Waals surface area contributed by atoms with Gasteiger partial charge in [0.2, 0.25) is 11.1 Å². The first-order valence-corrected chi connectivity index (χ1v) is 13.5. The van der Waals surface area contributed by atoms with Gasteiger partial charge in [0.25, 0.3) is 5.91 Å². The van der Waals surface area contributed by atoms with Gasteiger partial charge in [-0.15, -0.1) is 5.10 Å². The second kappa shape index (κ2) is 11.7. The number of piperazine rings is 1. The molecule has 1 fully saturated rings. The van der Waals surface area contributed by atoms with Crippen molar-refractivity contribution in [1.29, 1.82) is 0 Å². The minimum Gasteiger partial charge on any atom is -0.368 e. The van der Waals surface area contributed by atoms with Crippen LogP contribution < -0.4 is 10.2 Å². The van der Waals surface area contributed by atoms with Crippen molar-refractivity contribution in [3.8, 4) is 5.69 Å². The van der Waals surface area contributed by atoms with Crippen molar-refractivity contribution in [1.82, 2.24) is 25.1 Å². The SMILES string of the molecule is Cc1ccccc1-n1nnnc1SCC(=O)Nc1ccc(N2CCN(C(=O)c3ccccc3Cl)CC2)cc1. The van der Waals surface area contributed by atoms with E-state index in [1.54, 1.807) is 16.8 Å². The third kappa shape index (κ3) is 5.81. The van der Waals surface area contributed by atoms with Gasteiger partial charge in [0.1, 0.15) is 0 Å². The van der Waals surface area contributed by atoms with E-state index in [0.29, 0.717) is 47.6 Å². The number of benzene rings is 3. The number of anilines is 2. The minimum atomic E-state index is -0.145. The van der Waals surface area contributed by atoms with E-state index < -0.39 is 0 Å². The van der Waals surface area contributed by atoms with Gasteiger partial charge < -0.3 is 15.1 Å². The van der Waals surface area contributed by atoms with Gasteiger partial charge in [-0.3, -0.25) is 9.59 Å². The van der Waals surface area contributed by atoms with Gasteiger partial charge in [0, 0.05) is 37.6 Å².